The molecule has 1 amide bonds. The van der Waals surface area contributed by atoms with Crippen molar-refractivity contribution < 1.29 is 24.2 Å². The van der Waals surface area contributed by atoms with Gasteiger partial charge in [-0.3, -0.25) is 14.5 Å². The Morgan fingerprint density at radius 2 is 1.84 bits per heavy atom. The molecule has 1 atom stereocenters. The molecule has 5 rings (SSSR count). The predicted octanol–water partition coefficient (Wildman–Crippen LogP) is 5.27. The maximum absolute atomic E-state index is 13.8. The first-order chi connectivity index (χ1) is 21.1. The van der Waals surface area contributed by atoms with Gasteiger partial charge >= 0.3 is 5.97 Å². The third kappa shape index (κ3) is 7.25. The van der Waals surface area contributed by atoms with Crippen molar-refractivity contribution >= 4 is 35.1 Å². The summed E-state index contributed by atoms with van der Waals surface area (Å²) in [6.45, 7) is 4.75. The van der Waals surface area contributed by atoms with Crippen molar-refractivity contribution in [2.75, 3.05) is 37.0 Å². The van der Waals surface area contributed by atoms with Gasteiger partial charge in [0.25, 0.3) is 0 Å². The van der Waals surface area contributed by atoms with Crippen LogP contribution in [0.15, 0.2) is 48.8 Å². The number of hydrogen-bond acceptors (Lipinski definition) is 8. The van der Waals surface area contributed by atoms with Crippen LogP contribution in [0.25, 0.3) is 0 Å². The molecule has 2 aliphatic rings. The van der Waals surface area contributed by atoms with E-state index in [1.54, 1.807) is 24.4 Å². The summed E-state index contributed by atoms with van der Waals surface area (Å²) in [4.78, 5) is 37.9. The number of nitrogens with one attached hydrogen (secondary N) is 1. The average molecular weight is 622 g/mol. The molecular weight excluding hydrogens is 582 g/mol. The molecular formula is C33H40ClN5O5. The van der Waals surface area contributed by atoms with Crippen molar-refractivity contribution in [3.63, 3.8) is 0 Å². The van der Waals surface area contributed by atoms with Crippen LogP contribution in [0.3, 0.4) is 0 Å². The highest BCUT2D eigenvalue weighted by Crippen LogP contribution is 2.43. The minimum absolute atomic E-state index is 0.00222. The molecule has 2 heterocycles. The van der Waals surface area contributed by atoms with Gasteiger partial charge in [0, 0.05) is 24.7 Å². The van der Waals surface area contributed by atoms with E-state index in [9.17, 15) is 9.59 Å². The molecule has 0 bridgehead atoms. The van der Waals surface area contributed by atoms with Gasteiger partial charge in [-0.15, -0.1) is 0 Å². The van der Waals surface area contributed by atoms with Crippen molar-refractivity contribution in [1.82, 2.24) is 15.3 Å². The van der Waals surface area contributed by atoms with Crippen LogP contribution in [0.1, 0.15) is 62.3 Å². The van der Waals surface area contributed by atoms with Gasteiger partial charge in [0.15, 0.2) is 17.3 Å². The van der Waals surface area contributed by atoms with E-state index >= 15 is 0 Å². The summed E-state index contributed by atoms with van der Waals surface area (Å²) in [5.74, 6) is 1.96. The number of carbonyl (C=O) groups is 2. The Morgan fingerprint density at radius 3 is 2.45 bits per heavy atom. The van der Waals surface area contributed by atoms with Gasteiger partial charge < -0.3 is 24.8 Å². The number of aromatic nitrogens is 2. The maximum Gasteiger partial charge on any atom is 0.317 e. The predicted molar refractivity (Wildman–Crippen MR) is 170 cm³/mol. The van der Waals surface area contributed by atoms with E-state index in [1.807, 2.05) is 57.3 Å². The number of fused-ring (bicyclic) bond motifs is 1. The monoisotopic (exact) mass is 621 g/mol. The quantitative estimate of drug-likeness (QED) is 0.295. The number of carboxylic acids is 1. The van der Waals surface area contributed by atoms with Gasteiger partial charge in [0.1, 0.15) is 5.82 Å². The Labute approximate surface area is 263 Å². The zero-order chi connectivity index (χ0) is 31.4. The molecule has 1 aliphatic heterocycles. The number of carbonyl (C=O) groups excluding carboxylic acids is 1. The fraction of sp³-hybridized carbons (Fsp3) is 0.455. The van der Waals surface area contributed by atoms with E-state index in [-0.39, 0.29) is 31.0 Å². The van der Waals surface area contributed by atoms with Crippen LogP contribution in [0.5, 0.6) is 11.5 Å². The first kappa shape index (κ1) is 31.5. The molecule has 3 aromatic rings. The molecule has 2 N–H and O–H groups in total. The summed E-state index contributed by atoms with van der Waals surface area (Å²) in [6.07, 6.45) is 7.46. The Hall–Kier alpha value is -3.89. The number of ether oxygens (including phenoxy) is 2. The van der Waals surface area contributed by atoms with Gasteiger partial charge in [0.05, 0.1) is 44.6 Å². The Balaban J connectivity index is 1.38. The van der Waals surface area contributed by atoms with E-state index in [0.29, 0.717) is 28.3 Å². The smallest absolute Gasteiger partial charge is 0.317 e. The van der Waals surface area contributed by atoms with Crippen LogP contribution >= 0.6 is 11.6 Å². The average Bonchev–Trinajstić information content (AvgIpc) is 3.00. The number of amides is 1. The molecule has 1 aromatic heterocycles. The van der Waals surface area contributed by atoms with Gasteiger partial charge in [-0.2, -0.15) is 0 Å². The number of anilines is 2. The second-order valence-electron chi connectivity index (χ2n) is 11.9. The highest BCUT2D eigenvalue weighted by atomic mass is 35.5. The molecule has 1 unspecified atom stereocenters. The standard InChI is InChI=1S/C33H40ClN5O5/c1-20(2)44-28-15-26-23(13-27(28)43-4)14-31(40)39(33(26)22-7-9-24(34)10-8-22)30-17-36-29(16-37-30)38(3)19-21-5-11-25(12-6-21)35-18-32(41)42/h7-10,13,15-17,20-21,25,33,35H,5-6,11-12,14,18-19H2,1-4H3,(H,41,42). The number of aliphatic carboxylic acids is 1. The molecule has 2 aromatic carbocycles. The SMILES string of the molecule is COc1cc2c(cc1OC(C)C)C(c1ccc(Cl)cc1)N(c1cnc(N(C)CC3CCC(NCC(=O)O)CC3)cn1)C(=O)C2. The summed E-state index contributed by atoms with van der Waals surface area (Å²) in [6, 6.07) is 11.1. The molecule has 11 heteroatoms. The third-order valence-corrected chi connectivity index (χ3v) is 8.57. The van der Waals surface area contributed by atoms with Crippen LogP contribution in [0.2, 0.25) is 5.02 Å². The van der Waals surface area contributed by atoms with Crippen molar-refractivity contribution in [3.05, 3.63) is 70.5 Å². The van der Waals surface area contributed by atoms with Crippen molar-refractivity contribution in [2.45, 2.75) is 64.1 Å². The van der Waals surface area contributed by atoms with Crippen LogP contribution in [0.4, 0.5) is 11.6 Å². The van der Waals surface area contributed by atoms with Crippen LogP contribution < -0.4 is 24.6 Å². The topological polar surface area (TPSA) is 117 Å². The van der Waals surface area contributed by atoms with E-state index in [2.05, 4.69) is 10.2 Å². The molecule has 1 fully saturated rings. The number of rotatable bonds is 11. The van der Waals surface area contributed by atoms with Crippen molar-refractivity contribution in [3.8, 4) is 11.5 Å². The minimum atomic E-state index is -0.825. The molecule has 1 saturated carbocycles. The first-order valence-corrected chi connectivity index (χ1v) is 15.4. The molecule has 0 saturated heterocycles. The number of nitrogens with zero attached hydrogens (tertiary/aromatic N) is 4. The number of hydrogen-bond donors (Lipinski definition) is 2. The highest BCUT2D eigenvalue weighted by molar-refractivity contribution is 6.30. The lowest BCUT2D eigenvalue weighted by Gasteiger charge is -2.37. The molecule has 234 valence electrons. The second kappa shape index (κ2) is 13.8. The Kier molecular flexibility index (Phi) is 9.90. The number of halogens is 1. The first-order valence-electron chi connectivity index (χ1n) is 15.1. The van der Waals surface area contributed by atoms with Crippen LogP contribution in [-0.4, -0.2) is 66.3 Å². The maximum atomic E-state index is 13.8. The largest absolute Gasteiger partial charge is 0.493 e. The number of methoxy groups -OCH3 is 1. The van der Waals surface area contributed by atoms with E-state index in [4.69, 9.17) is 36.1 Å². The molecule has 10 nitrogen and oxygen atoms in total. The molecule has 0 radical (unpaired) electrons. The lowest BCUT2D eigenvalue weighted by Crippen LogP contribution is -2.41. The summed E-state index contributed by atoms with van der Waals surface area (Å²) >= 11 is 6.24. The molecule has 1 aliphatic carbocycles. The van der Waals surface area contributed by atoms with Crippen molar-refractivity contribution in [2.24, 2.45) is 5.92 Å². The highest BCUT2D eigenvalue weighted by Gasteiger charge is 2.37. The lowest BCUT2D eigenvalue weighted by atomic mass is 9.85. The normalized spacial score (nSPS) is 19.9. The van der Waals surface area contributed by atoms with Gasteiger partial charge in [-0.1, -0.05) is 23.7 Å². The zero-order valence-electron chi connectivity index (χ0n) is 25.6. The van der Waals surface area contributed by atoms with E-state index < -0.39 is 12.0 Å². The third-order valence-electron chi connectivity index (χ3n) is 8.32. The summed E-state index contributed by atoms with van der Waals surface area (Å²) in [7, 11) is 3.60. The van der Waals surface area contributed by atoms with Crippen molar-refractivity contribution in [1.29, 1.82) is 0 Å². The van der Waals surface area contributed by atoms with Gasteiger partial charge in [-0.05, 0) is 86.4 Å². The molecule has 0 spiro atoms. The lowest BCUT2D eigenvalue weighted by molar-refractivity contribution is -0.136. The Bertz CT molecular complexity index is 1460. The van der Waals surface area contributed by atoms with E-state index in [0.717, 1.165) is 54.7 Å². The summed E-state index contributed by atoms with van der Waals surface area (Å²) in [5.41, 5.74) is 2.69. The van der Waals surface area contributed by atoms with E-state index in [1.165, 1.54) is 0 Å². The minimum Gasteiger partial charge on any atom is -0.493 e. The molecule has 44 heavy (non-hydrogen) atoms. The Morgan fingerprint density at radius 1 is 1.11 bits per heavy atom. The van der Waals surface area contributed by atoms with Crippen LogP contribution in [-0.2, 0) is 16.0 Å². The summed E-state index contributed by atoms with van der Waals surface area (Å²) in [5, 5.41) is 12.7. The second-order valence-corrected chi connectivity index (χ2v) is 12.3. The number of benzene rings is 2. The number of carboxylic acid groups (broad SMARTS) is 1. The van der Waals surface area contributed by atoms with Gasteiger partial charge in [0.2, 0.25) is 5.91 Å². The van der Waals surface area contributed by atoms with Crippen LogP contribution in [0, 0.1) is 5.92 Å². The fourth-order valence-corrected chi connectivity index (χ4v) is 6.32. The van der Waals surface area contributed by atoms with Gasteiger partial charge in [-0.25, -0.2) is 9.97 Å². The fourth-order valence-electron chi connectivity index (χ4n) is 6.19. The zero-order valence-corrected chi connectivity index (χ0v) is 26.4. The summed E-state index contributed by atoms with van der Waals surface area (Å²) < 4.78 is 11.7.